The minimum atomic E-state index is -4.32. The fourth-order valence-electron chi connectivity index (χ4n) is 3.33. The van der Waals surface area contributed by atoms with E-state index in [0.29, 0.717) is 30.1 Å². The summed E-state index contributed by atoms with van der Waals surface area (Å²) in [6.07, 6.45) is -3.47. The molecule has 4 rings (SSSR count). The van der Waals surface area contributed by atoms with Crippen LogP contribution in [0.3, 0.4) is 0 Å². The lowest BCUT2D eigenvalue weighted by atomic mass is 10.1. The summed E-state index contributed by atoms with van der Waals surface area (Å²) in [5.74, 6) is 0.327. The predicted molar refractivity (Wildman–Crippen MR) is 88.0 cm³/mol. The minimum Gasteiger partial charge on any atom is -0.440 e. The number of alkyl halides is 3. The number of fused-ring (bicyclic) bond motifs is 1. The highest BCUT2D eigenvalue weighted by Crippen LogP contribution is 2.31. The first kappa shape index (κ1) is 17.0. The Morgan fingerprint density at radius 1 is 1.12 bits per heavy atom. The van der Waals surface area contributed by atoms with Crippen LogP contribution in [0.2, 0.25) is 0 Å². The van der Waals surface area contributed by atoms with E-state index in [1.165, 1.54) is 24.3 Å². The van der Waals surface area contributed by atoms with Gasteiger partial charge in [-0.1, -0.05) is 12.1 Å². The van der Waals surface area contributed by atoms with Gasteiger partial charge in [0.05, 0.1) is 5.56 Å². The van der Waals surface area contributed by atoms with Crippen LogP contribution in [-0.4, -0.2) is 23.0 Å². The molecule has 2 heterocycles. The summed E-state index contributed by atoms with van der Waals surface area (Å²) in [6.45, 7) is 2.08. The second kappa shape index (κ2) is 6.39. The quantitative estimate of drug-likeness (QED) is 0.614. The van der Waals surface area contributed by atoms with Crippen molar-refractivity contribution >= 4 is 11.1 Å². The average molecular weight is 364 g/mol. The van der Waals surface area contributed by atoms with E-state index in [0.717, 1.165) is 30.7 Å². The molecule has 0 N–H and O–H groups in total. The van der Waals surface area contributed by atoms with E-state index in [2.05, 4.69) is 9.88 Å². The maximum absolute atomic E-state index is 13.3. The Bertz CT molecular complexity index is 917. The molecule has 3 aromatic rings. The Hall–Kier alpha value is -2.41. The van der Waals surface area contributed by atoms with Gasteiger partial charge in [0.15, 0.2) is 11.5 Å². The molecule has 0 amide bonds. The van der Waals surface area contributed by atoms with E-state index >= 15 is 0 Å². The number of halogens is 4. The van der Waals surface area contributed by atoms with Crippen LogP contribution in [0, 0.1) is 5.82 Å². The summed E-state index contributed by atoms with van der Waals surface area (Å²) >= 11 is 0. The van der Waals surface area contributed by atoms with Crippen LogP contribution >= 0.6 is 0 Å². The van der Waals surface area contributed by atoms with Gasteiger partial charge in [0.25, 0.3) is 0 Å². The second-order valence-electron chi connectivity index (χ2n) is 6.58. The molecular formula is C19H16F4N2O. The van der Waals surface area contributed by atoms with Gasteiger partial charge in [-0.05, 0) is 42.8 Å². The molecule has 3 nitrogen and oxygen atoms in total. The fourth-order valence-corrected chi connectivity index (χ4v) is 3.33. The molecule has 1 aromatic heterocycles. The summed E-state index contributed by atoms with van der Waals surface area (Å²) in [6, 6.07) is 9.49. The SMILES string of the molecule is Fc1ccc2oc([C@H]3CCN(Cc4ccc(C(F)(F)F)cc4)C3)nc2c1. The maximum atomic E-state index is 13.3. The summed E-state index contributed by atoms with van der Waals surface area (Å²) in [5.41, 5.74) is 1.25. The Morgan fingerprint density at radius 2 is 1.88 bits per heavy atom. The zero-order valence-corrected chi connectivity index (χ0v) is 13.8. The number of rotatable bonds is 3. The number of aromatic nitrogens is 1. The third-order valence-corrected chi connectivity index (χ3v) is 4.68. The number of benzene rings is 2. The van der Waals surface area contributed by atoms with Gasteiger partial charge >= 0.3 is 6.18 Å². The van der Waals surface area contributed by atoms with Gasteiger partial charge in [-0.25, -0.2) is 9.37 Å². The molecule has 7 heteroatoms. The molecule has 1 atom stereocenters. The lowest BCUT2D eigenvalue weighted by Crippen LogP contribution is -2.20. The van der Waals surface area contributed by atoms with Gasteiger partial charge in [0.2, 0.25) is 0 Å². The second-order valence-corrected chi connectivity index (χ2v) is 6.58. The van der Waals surface area contributed by atoms with E-state index < -0.39 is 11.7 Å². The van der Waals surface area contributed by atoms with Gasteiger partial charge in [-0.2, -0.15) is 13.2 Å². The number of hydrogen-bond donors (Lipinski definition) is 0. The highest BCUT2D eigenvalue weighted by Gasteiger charge is 2.31. The van der Waals surface area contributed by atoms with Gasteiger partial charge in [0.1, 0.15) is 11.3 Å². The number of likely N-dealkylation sites (tertiary alicyclic amines) is 1. The normalized spacial score (nSPS) is 18.7. The van der Waals surface area contributed by atoms with Crippen molar-refractivity contribution < 1.29 is 22.0 Å². The van der Waals surface area contributed by atoms with E-state index in [-0.39, 0.29) is 11.7 Å². The van der Waals surface area contributed by atoms with Crippen LogP contribution < -0.4 is 0 Å². The molecule has 0 spiro atoms. The number of hydrogen-bond acceptors (Lipinski definition) is 3. The molecule has 0 bridgehead atoms. The van der Waals surface area contributed by atoms with Gasteiger partial charge in [-0.15, -0.1) is 0 Å². The summed E-state index contributed by atoms with van der Waals surface area (Å²) in [4.78, 5) is 6.53. The smallest absolute Gasteiger partial charge is 0.416 e. The molecule has 0 saturated carbocycles. The monoisotopic (exact) mass is 364 g/mol. The largest absolute Gasteiger partial charge is 0.440 e. The fraction of sp³-hybridized carbons (Fsp3) is 0.316. The molecule has 1 aliphatic rings. The van der Waals surface area contributed by atoms with Crippen molar-refractivity contribution in [3.63, 3.8) is 0 Å². The van der Waals surface area contributed by atoms with Crippen molar-refractivity contribution in [3.8, 4) is 0 Å². The molecular weight excluding hydrogens is 348 g/mol. The van der Waals surface area contributed by atoms with Crippen LogP contribution in [0.15, 0.2) is 46.9 Å². The Morgan fingerprint density at radius 3 is 2.62 bits per heavy atom. The van der Waals surface area contributed by atoms with Crippen LogP contribution in [0.25, 0.3) is 11.1 Å². The minimum absolute atomic E-state index is 0.0971. The standard InChI is InChI=1S/C19H16F4N2O/c20-15-5-6-17-16(9-15)24-18(26-17)13-7-8-25(11-13)10-12-1-3-14(4-2-12)19(21,22)23/h1-6,9,13H,7-8,10-11H2/t13-/m0/s1. The predicted octanol–water partition coefficient (Wildman–Crippen LogP) is 4.98. The third kappa shape index (κ3) is 3.44. The first-order chi connectivity index (χ1) is 12.4. The lowest BCUT2D eigenvalue weighted by Gasteiger charge is -2.16. The Labute approximate surface area is 147 Å². The molecule has 0 radical (unpaired) electrons. The van der Waals surface area contributed by atoms with Crippen LogP contribution in [-0.2, 0) is 12.7 Å². The van der Waals surface area contributed by atoms with E-state index in [4.69, 9.17) is 4.42 Å². The summed E-state index contributed by atoms with van der Waals surface area (Å²) < 4.78 is 56.9. The van der Waals surface area contributed by atoms with Crippen molar-refractivity contribution in [2.75, 3.05) is 13.1 Å². The molecule has 1 fully saturated rings. The van der Waals surface area contributed by atoms with Gasteiger partial charge < -0.3 is 4.42 Å². The number of nitrogens with zero attached hydrogens (tertiary/aromatic N) is 2. The molecule has 136 valence electrons. The zero-order chi connectivity index (χ0) is 18.3. The first-order valence-corrected chi connectivity index (χ1v) is 8.33. The van der Waals surface area contributed by atoms with Crippen LogP contribution in [0.4, 0.5) is 17.6 Å². The Kier molecular flexibility index (Phi) is 4.19. The highest BCUT2D eigenvalue weighted by atomic mass is 19.4. The summed E-state index contributed by atoms with van der Waals surface area (Å²) in [5, 5.41) is 0. The summed E-state index contributed by atoms with van der Waals surface area (Å²) in [7, 11) is 0. The molecule has 2 aromatic carbocycles. The van der Waals surface area contributed by atoms with Crippen LogP contribution in [0.5, 0.6) is 0 Å². The lowest BCUT2D eigenvalue weighted by molar-refractivity contribution is -0.137. The van der Waals surface area contributed by atoms with Crippen LogP contribution in [0.1, 0.15) is 29.4 Å². The van der Waals surface area contributed by atoms with Crippen molar-refractivity contribution in [2.24, 2.45) is 0 Å². The topological polar surface area (TPSA) is 29.3 Å². The molecule has 0 aliphatic carbocycles. The molecule has 1 saturated heterocycles. The number of oxazole rings is 1. The molecule has 1 aliphatic heterocycles. The first-order valence-electron chi connectivity index (χ1n) is 8.33. The van der Waals surface area contributed by atoms with Crippen molar-refractivity contribution in [3.05, 3.63) is 65.3 Å². The van der Waals surface area contributed by atoms with E-state index in [1.54, 1.807) is 6.07 Å². The highest BCUT2D eigenvalue weighted by molar-refractivity contribution is 5.72. The maximum Gasteiger partial charge on any atom is 0.416 e. The average Bonchev–Trinajstić information content (AvgIpc) is 3.20. The molecule has 26 heavy (non-hydrogen) atoms. The zero-order valence-electron chi connectivity index (χ0n) is 13.8. The van der Waals surface area contributed by atoms with Crippen molar-refractivity contribution in [2.45, 2.75) is 25.1 Å². The van der Waals surface area contributed by atoms with Gasteiger partial charge in [-0.3, -0.25) is 4.90 Å². The van der Waals surface area contributed by atoms with Gasteiger partial charge in [0, 0.05) is 25.1 Å². The van der Waals surface area contributed by atoms with E-state index in [1.807, 2.05) is 0 Å². The third-order valence-electron chi connectivity index (χ3n) is 4.68. The molecule has 0 unspecified atom stereocenters. The Balaban J connectivity index is 1.43. The van der Waals surface area contributed by atoms with Crippen molar-refractivity contribution in [1.29, 1.82) is 0 Å². The van der Waals surface area contributed by atoms with E-state index in [9.17, 15) is 17.6 Å². The van der Waals surface area contributed by atoms with Crippen molar-refractivity contribution in [1.82, 2.24) is 9.88 Å².